The van der Waals surface area contributed by atoms with Crippen LogP contribution in [-0.2, 0) is 6.61 Å². The molecule has 3 heterocycles. The zero-order valence-electron chi connectivity index (χ0n) is 13.7. The van der Waals surface area contributed by atoms with Crippen molar-refractivity contribution >= 4 is 12.4 Å². The molecule has 7 nitrogen and oxygen atoms in total. The maximum absolute atomic E-state index is 5.62. The lowest BCUT2D eigenvalue weighted by Crippen LogP contribution is -2.31. The number of aromatic nitrogens is 4. The molecule has 1 N–H and O–H groups in total. The molecular weight excluding hydrogens is 342 g/mol. The summed E-state index contributed by atoms with van der Waals surface area (Å²) >= 11 is 0. The predicted octanol–water partition coefficient (Wildman–Crippen LogP) is 2.86. The summed E-state index contributed by atoms with van der Waals surface area (Å²) in [6, 6.07) is 11.9. The predicted molar refractivity (Wildman–Crippen MR) is 94.7 cm³/mol. The summed E-state index contributed by atoms with van der Waals surface area (Å²) in [5.74, 6) is 1.70. The van der Waals surface area contributed by atoms with Crippen molar-refractivity contribution in [1.29, 1.82) is 0 Å². The monoisotopic (exact) mass is 361 g/mol. The number of hydrogen-bond donors (Lipinski definition) is 1. The fourth-order valence-corrected chi connectivity index (χ4v) is 2.80. The molecule has 4 rings (SSSR count). The molecule has 2 aromatic heterocycles. The smallest absolute Gasteiger partial charge is 0.278 e. The number of para-hydroxylation sites is 1. The zero-order chi connectivity index (χ0) is 16.2. The highest BCUT2D eigenvalue weighted by Crippen LogP contribution is 2.20. The van der Waals surface area contributed by atoms with Crippen LogP contribution in [0.1, 0.15) is 24.7 Å². The Bertz CT molecular complexity index is 783. The van der Waals surface area contributed by atoms with Crippen LogP contribution in [0.2, 0.25) is 0 Å². The Morgan fingerprint density at radius 2 is 2.12 bits per heavy atom. The molecule has 8 heteroatoms. The summed E-state index contributed by atoms with van der Waals surface area (Å²) in [6.07, 6.45) is 4.27. The number of rotatable bonds is 5. The van der Waals surface area contributed by atoms with Gasteiger partial charge in [0.2, 0.25) is 5.82 Å². The Kier molecular flexibility index (Phi) is 5.67. The third-order valence-electron chi connectivity index (χ3n) is 4.05. The lowest BCUT2D eigenvalue weighted by atomic mass is 10.1. The van der Waals surface area contributed by atoms with Crippen LogP contribution in [0, 0.1) is 0 Å². The van der Waals surface area contributed by atoms with Crippen LogP contribution in [-0.4, -0.2) is 33.0 Å². The number of piperidine rings is 1. The third kappa shape index (κ3) is 4.18. The van der Waals surface area contributed by atoms with Gasteiger partial charge in [-0.05, 0) is 37.6 Å². The summed E-state index contributed by atoms with van der Waals surface area (Å²) in [4.78, 5) is 4.36. The van der Waals surface area contributed by atoms with E-state index in [0.29, 0.717) is 23.5 Å². The molecule has 0 saturated carbocycles. The van der Waals surface area contributed by atoms with Crippen LogP contribution in [0.15, 0.2) is 47.1 Å². The molecule has 0 spiro atoms. The van der Waals surface area contributed by atoms with E-state index in [1.54, 1.807) is 0 Å². The average Bonchev–Trinajstić information content (AvgIpc) is 3.31. The van der Waals surface area contributed by atoms with Gasteiger partial charge in [0.15, 0.2) is 12.3 Å². The molecule has 132 valence electrons. The maximum atomic E-state index is 5.62. The van der Waals surface area contributed by atoms with Crippen molar-refractivity contribution < 1.29 is 9.26 Å². The summed E-state index contributed by atoms with van der Waals surface area (Å²) < 4.78 is 12.9. The molecule has 1 aliphatic rings. The number of benzene rings is 1. The van der Waals surface area contributed by atoms with E-state index in [0.717, 1.165) is 25.3 Å². The first kappa shape index (κ1) is 17.4. The zero-order valence-corrected chi connectivity index (χ0v) is 14.5. The van der Waals surface area contributed by atoms with Gasteiger partial charge in [0, 0.05) is 12.7 Å². The Morgan fingerprint density at radius 3 is 2.92 bits per heavy atom. The molecule has 1 unspecified atom stereocenters. The molecule has 0 amide bonds. The van der Waals surface area contributed by atoms with Crippen molar-refractivity contribution in [3.63, 3.8) is 0 Å². The molecule has 1 aromatic carbocycles. The van der Waals surface area contributed by atoms with Gasteiger partial charge in [0.1, 0.15) is 5.75 Å². The lowest BCUT2D eigenvalue weighted by Gasteiger charge is -2.22. The molecule has 0 aliphatic carbocycles. The Morgan fingerprint density at radius 1 is 1.24 bits per heavy atom. The van der Waals surface area contributed by atoms with E-state index in [-0.39, 0.29) is 19.0 Å². The van der Waals surface area contributed by atoms with Crippen LogP contribution in [0.4, 0.5) is 0 Å². The van der Waals surface area contributed by atoms with E-state index < -0.39 is 0 Å². The van der Waals surface area contributed by atoms with Gasteiger partial charge in [-0.2, -0.15) is 10.1 Å². The summed E-state index contributed by atoms with van der Waals surface area (Å²) in [7, 11) is 0. The second kappa shape index (κ2) is 8.13. The number of halogens is 1. The summed E-state index contributed by atoms with van der Waals surface area (Å²) in [5.41, 5.74) is 0.694. The van der Waals surface area contributed by atoms with Gasteiger partial charge in [-0.15, -0.1) is 12.4 Å². The number of nitrogens with one attached hydrogen (secondary N) is 1. The third-order valence-corrected chi connectivity index (χ3v) is 4.05. The van der Waals surface area contributed by atoms with Gasteiger partial charge in [-0.1, -0.05) is 23.4 Å². The summed E-state index contributed by atoms with van der Waals surface area (Å²) in [6.45, 7) is 2.29. The van der Waals surface area contributed by atoms with Gasteiger partial charge in [0.05, 0.1) is 6.04 Å². The summed E-state index contributed by atoms with van der Waals surface area (Å²) in [5, 5.41) is 11.9. The minimum Gasteiger partial charge on any atom is -0.485 e. The molecule has 1 fully saturated rings. The van der Waals surface area contributed by atoms with E-state index in [9.17, 15) is 0 Å². The Hall–Kier alpha value is -2.38. The standard InChI is InChI=1S/C17H19N5O2.ClH/c1-2-6-14(7-3-1)23-12-16-19-17(24-21-16)15-8-10-22(20-15)13-5-4-9-18-11-13;/h1-3,6-8,10,13,18H,4-5,9,11-12H2;1H. The molecule has 25 heavy (non-hydrogen) atoms. The van der Waals surface area contributed by atoms with Crippen LogP contribution in [0.25, 0.3) is 11.6 Å². The van der Waals surface area contributed by atoms with Crippen LogP contribution >= 0.6 is 12.4 Å². The highest BCUT2D eigenvalue weighted by atomic mass is 35.5. The molecular formula is C17H20ClN5O2. The highest BCUT2D eigenvalue weighted by Gasteiger charge is 2.18. The van der Waals surface area contributed by atoms with Crippen LogP contribution < -0.4 is 10.1 Å². The van der Waals surface area contributed by atoms with Crippen LogP contribution in [0.5, 0.6) is 5.75 Å². The SMILES string of the molecule is Cl.c1ccc(OCc2noc(-c3ccn(C4CCCNC4)n3)n2)cc1. The van der Waals surface area contributed by atoms with Crippen molar-refractivity contribution in [3.8, 4) is 17.3 Å². The molecule has 0 radical (unpaired) electrons. The normalized spacial score (nSPS) is 17.0. The molecule has 1 aliphatic heterocycles. The van der Waals surface area contributed by atoms with Gasteiger partial charge < -0.3 is 14.6 Å². The Labute approximate surface area is 151 Å². The Balaban J connectivity index is 0.00000182. The first-order chi connectivity index (χ1) is 11.9. The lowest BCUT2D eigenvalue weighted by molar-refractivity contribution is 0.287. The van der Waals surface area contributed by atoms with Crippen molar-refractivity contribution in [3.05, 3.63) is 48.4 Å². The van der Waals surface area contributed by atoms with Gasteiger partial charge in [-0.25, -0.2) is 0 Å². The van der Waals surface area contributed by atoms with E-state index in [2.05, 4.69) is 20.6 Å². The number of ether oxygens (including phenoxy) is 1. The van der Waals surface area contributed by atoms with Gasteiger partial charge in [-0.3, -0.25) is 4.68 Å². The maximum Gasteiger partial charge on any atom is 0.278 e. The van der Waals surface area contributed by atoms with Crippen molar-refractivity contribution in [2.45, 2.75) is 25.5 Å². The van der Waals surface area contributed by atoms with Crippen LogP contribution in [0.3, 0.4) is 0 Å². The van der Waals surface area contributed by atoms with Gasteiger partial charge in [0.25, 0.3) is 5.89 Å². The first-order valence-electron chi connectivity index (χ1n) is 8.15. The minimum absolute atomic E-state index is 0. The molecule has 1 atom stereocenters. The molecule has 0 bridgehead atoms. The fraction of sp³-hybridized carbons (Fsp3) is 0.353. The molecule has 1 saturated heterocycles. The number of hydrogen-bond acceptors (Lipinski definition) is 6. The number of nitrogens with zero attached hydrogens (tertiary/aromatic N) is 4. The largest absolute Gasteiger partial charge is 0.485 e. The van der Waals surface area contributed by atoms with E-state index in [1.807, 2.05) is 47.3 Å². The quantitative estimate of drug-likeness (QED) is 0.752. The fourth-order valence-electron chi connectivity index (χ4n) is 2.80. The second-order valence-corrected chi connectivity index (χ2v) is 5.80. The van der Waals surface area contributed by atoms with Crippen molar-refractivity contribution in [1.82, 2.24) is 25.2 Å². The second-order valence-electron chi connectivity index (χ2n) is 5.80. The van der Waals surface area contributed by atoms with E-state index >= 15 is 0 Å². The molecule has 3 aromatic rings. The highest BCUT2D eigenvalue weighted by molar-refractivity contribution is 5.85. The minimum atomic E-state index is 0. The topological polar surface area (TPSA) is 78.0 Å². The first-order valence-corrected chi connectivity index (χ1v) is 8.15. The van der Waals surface area contributed by atoms with Crippen molar-refractivity contribution in [2.24, 2.45) is 0 Å². The van der Waals surface area contributed by atoms with Crippen molar-refractivity contribution in [2.75, 3.05) is 13.1 Å². The average molecular weight is 362 g/mol. The van der Waals surface area contributed by atoms with Gasteiger partial charge >= 0.3 is 0 Å². The van der Waals surface area contributed by atoms with E-state index in [1.165, 1.54) is 6.42 Å². The van der Waals surface area contributed by atoms with E-state index in [4.69, 9.17) is 9.26 Å².